The Kier molecular flexibility index (Phi) is 2.91. The van der Waals surface area contributed by atoms with Crippen molar-refractivity contribution in [1.29, 1.82) is 0 Å². The minimum Gasteiger partial charge on any atom is -0.325 e. The van der Waals surface area contributed by atoms with Crippen LogP contribution in [0.25, 0.3) is 0 Å². The van der Waals surface area contributed by atoms with Gasteiger partial charge in [-0.15, -0.1) is 5.06 Å². The molecule has 1 heterocycles. The number of hydroxylamine groups is 2. The van der Waals surface area contributed by atoms with Gasteiger partial charge in [-0.2, -0.15) is 0 Å². The van der Waals surface area contributed by atoms with Crippen LogP contribution in [0.4, 0.5) is 0 Å². The van der Waals surface area contributed by atoms with Crippen molar-refractivity contribution in [3.8, 4) is 0 Å². The molecular weight excluding hydrogens is 222 g/mol. The summed E-state index contributed by atoms with van der Waals surface area (Å²) in [5.41, 5.74) is 1.06. The van der Waals surface area contributed by atoms with Crippen molar-refractivity contribution < 1.29 is 19.2 Å². The number of hydrogen-bond donors (Lipinski definition) is 0. The van der Waals surface area contributed by atoms with E-state index < -0.39 is 17.8 Å². The van der Waals surface area contributed by atoms with Crippen molar-refractivity contribution in [3.05, 3.63) is 36.0 Å². The van der Waals surface area contributed by atoms with Gasteiger partial charge in [0.15, 0.2) is 0 Å². The highest BCUT2D eigenvalue weighted by molar-refractivity contribution is 6.03. The maximum absolute atomic E-state index is 11.7. The molecule has 0 radical (unpaired) electrons. The second-order valence-corrected chi connectivity index (χ2v) is 3.83. The average Bonchev–Trinajstić information content (AvgIpc) is 2.61. The van der Waals surface area contributed by atoms with Gasteiger partial charge in [0.25, 0.3) is 11.8 Å². The van der Waals surface area contributed by atoms with E-state index in [1.165, 1.54) is 0 Å². The summed E-state index contributed by atoms with van der Waals surface area (Å²) in [7, 11) is 0. The molecule has 5 nitrogen and oxygen atoms in total. The summed E-state index contributed by atoms with van der Waals surface area (Å²) < 4.78 is 0. The second-order valence-electron chi connectivity index (χ2n) is 3.83. The molecule has 88 valence electrons. The van der Waals surface area contributed by atoms with E-state index in [4.69, 9.17) is 4.84 Å². The first-order valence-electron chi connectivity index (χ1n) is 5.22. The highest BCUT2D eigenvalue weighted by Gasteiger charge is 2.33. The normalized spacial score (nSPS) is 19.6. The van der Waals surface area contributed by atoms with Crippen molar-refractivity contribution in [2.45, 2.75) is 19.3 Å². The molecule has 2 rings (SSSR count). The first-order valence-corrected chi connectivity index (χ1v) is 5.22. The minimum absolute atomic E-state index is 0.0910. The van der Waals surface area contributed by atoms with Crippen LogP contribution in [0, 0.1) is 0 Å². The zero-order valence-electron chi connectivity index (χ0n) is 9.14. The van der Waals surface area contributed by atoms with Crippen LogP contribution in [0.3, 0.4) is 0 Å². The fraction of sp³-hybridized carbons (Fsp3) is 0.250. The summed E-state index contributed by atoms with van der Waals surface area (Å²) in [5, 5.41) is 0.536. The Hall–Kier alpha value is -2.17. The largest absolute Gasteiger partial charge is 0.363 e. The Morgan fingerprint density at radius 2 is 1.94 bits per heavy atom. The predicted octanol–water partition coefficient (Wildman–Crippen LogP) is 1.04. The van der Waals surface area contributed by atoms with Gasteiger partial charge in [0.05, 0.1) is 5.57 Å². The first kappa shape index (κ1) is 11.3. The summed E-state index contributed by atoms with van der Waals surface area (Å²) in [6.45, 7) is 3.73. The summed E-state index contributed by atoms with van der Waals surface area (Å²) in [6, 6.07) is 0. The molecule has 2 amide bonds. The standard InChI is InChI=1S/C12H11NO4/c1-8-3-2-4-9(7-8)12(16)17-13-10(14)5-6-11(13)15/h2,4,7H,1,3,5-6H2. The number of carbonyl (C=O) groups excluding carboxylic acids is 3. The minimum atomic E-state index is -0.717. The SMILES string of the molecule is C=C1C=C(C(=O)ON2C(=O)CCC2=O)C=CC1. The van der Waals surface area contributed by atoms with Gasteiger partial charge in [0.1, 0.15) is 0 Å². The Labute approximate surface area is 98.0 Å². The summed E-state index contributed by atoms with van der Waals surface area (Å²) >= 11 is 0. The molecule has 0 atom stereocenters. The summed E-state index contributed by atoms with van der Waals surface area (Å²) in [6.07, 6.45) is 5.79. The van der Waals surface area contributed by atoms with Gasteiger partial charge < -0.3 is 4.84 Å². The smallest absolute Gasteiger partial charge is 0.325 e. The highest BCUT2D eigenvalue weighted by Crippen LogP contribution is 2.18. The molecule has 0 aromatic rings. The third kappa shape index (κ3) is 2.33. The number of hydrogen-bond acceptors (Lipinski definition) is 4. The third-order valence-electron chi connectivity index (χ3n) is 2.45. The number of nitrogens with zero attached hydrogens (tertiary/aromatic N) is 1. The van der Waals surface area contributed by atoms with E-state index in [1.54, 1.807) is 18.2 Å². The number of amides is 2. The fourth-order valence-electron chi connectivity index (χ4n) is 1.58. The van der Waals surface area contributed by atoms with Crippen LogP contribution in [0.1, 0.15) is 19.3 Å². The lowest BCUT2D eigenvalue weighted by Gasteiger charge is -2.14. The molecule has 0 aromatic carbocycles. The number of imide groups is 1. The van der Waals surface area contributed by atoms with E-state index >= 15 is 0 Å². The van der Waals surface area contributed by atoms with Gasteiger partial charge in [-0.05, 0) is 12.5 Å². The molecule has 0 unspecified atom stereocenters. The van der Waals surface area contributed by atoms with E-state index in [-0.39, 0.29) is 18.4 Å². The van der Waals surface area contributed by atoms with Crippen molar-refractivity contribution in [1.82, 2.24) is 5.06 Å². The van der Waals surface area contributed by atoms with Crippen molar-refractivity contribution in [3.63, 3.8) is 0 Å². The molecule has 0 N–H and O–H groups in total. The number of rotatable bonds is 2. The summed E-state index contributed by atoms with van der Waals surface area (Å²) in [5.74, 6) is -1.68. The lowest BCUT2D eigenvalue weighted by molar-refractivity contribution is -0.194. The molecule has 1 fully saturated rings. The molecule has 2 aliphatic rings. The molecular formula is C12H11NO4. The molecule has 17 heavy (non-hydrogen) atoms. The van der Waals surface area contributed by atoms with Crippen LogP contribution in [0.5, 0.6) is 0 Å². The molecule has 0 saturated carbocycles. The zero-order chi connectivity index (χ0) is 12.4. The van der Waals surface area contributed by atoms with E-state index in [1.807, 2.05) is 0 Å². The van der Waals surface area contributed by atoms with Crippen molar-refractivity contribution in [2.75, 3.05) is 0 Å². The number of allylic oxidation sites excluding steroid dienone is 3. The predicted molar refractivity (Wildman–Crippen MR) is 58.2 cm³/mol. The van der Waals surface area contributed by atoms with Crippen LogP contribution in [0.15, 0.2) is 36.0 Å². The quantitative estimate of drug-likeness (QED) is 0.668. The van der Waals surface area contributed by atoms with Gasteiger partial charge in [-0.3, -0.25) is 9.59 Å². The van der Waals surface area contributed by atoms with Crippen molar-refractivity contribution >= 4 is 17.8 Å². The van der Waals surface area contributed by atoms with Gasteiger partial charge in [-0.1, -0.05) is 24.3 Å². The average molecular weight is 233 g/mol. The van der Waals surface area contributed by atoms with Crippen LogP contribution in [-0.4, -0.2) is 22.8 Å². The van der Waals surface area contributed by atoms with Crippen LogP contribution >= 0.6 is 0 Å². The third-order valence-corrected chi connectivity index (χ3v) is 2.45. The molecule has 5 heteroatoms. The Balaban J connectivity index is 2.07. The summed E-state index contributed by atoms with van der Waals surface area (Å²) in [4.78, 5) is 38.9. The lowest BCUT2D eigenvalue weighted by atomic mass is 10.0. The van der Waals surface area contributed by atoms with Crippen LogP contribution < -0.4 is 0 Å². The molecule has 1 aliphatic heterocycles. The maximum Gasteiger partial charge on any atom is 0.363 e. The molecule has 0 aromatic heterocycles. The zero-order valence-corrected chi connectivity index (χ0v) is 9.14. The fourth-order valence-corrected chi connectivity index (χ4v) is 1.58. The molecule has 1 aliphatic carbocycles. The van der Waals surface area contributed by atoms with Crippen LogP contribution in [0.2, 0.25) is 0 Å². The van der Waals surface area contributed by atoms with E-state index in [0.29, 0.717) is 11.5 Å². The Bertz CT molecular complexity index is 457. The second kappa shape index (κ2) is 4.37. The lowest BCUT2D eigenvalue weighted by Crippen LogP contribution is -2.32. The molecule has 1 saturated heterocycles. The van der Waals surface area contributed by atoms with E-state index in [9.17, 15) is 14.4 Å². The van der Waals surface area contributed by atoms with Gasteiger partial charge in [-0.25, -0.2) is 4.79 Å². The Morgan fingerprint density at radius 1 is 1.29 bits per heavy atom. The first-order chi connectivity index (χ1) is 8.08. The van der Waals surface area contributed by atoms with Crippen LogP contribution in [-0.2, 0) is 19.2 Å². The molecule has 0 spiro atoms. The number of carbonyl (C=O) groups is 3. The highest BCUT2D eigenvalue weighted by atomic mass is 16.7. The van der Waals surface area contributed by atoms with Gasteiger partial charge in [0.2, 0.25) is 0 Å². The maximum atomic E-state index is 11.7. The van der Waals surface area contributed by atoms with Gasteiger partial charge in [0, 0.05) is 12.8 Å². The van der Waals surface area contributed by atoms with Gasteiger partial charge >= 0.3 is 5.97 Å². The topological polar surface area (TPSA) is 63.7 Å². The van der Waals surface area contributed by atoms with E-state index in [0.717, 1.165) is 5.57 Å². The van der Waals surface area contributed by atoms with E-state index in [2.05, 4.69) is 6.58 Å². The molecule has 0 bridgehead atoms. The monoisotopic (exact) mass is 233 g/mol. The Morgan fingerprint density at radius 3 is 2.53 bits per heavy atom. The van der Waals surface area contributed by atoms with Crippen molar-refractivity contribution in [2.24, 2.45) is 0 Å².